The molecule has 1 heterocycles. The molecule has 1 rings (SSSR count). The molecule has 2 nitrogen and oxygen atoms in total. The molecule has 0 aliphatic carbocycles. The zero-order valence-electron chi connectivity index (χ0n) is 7.04. The first-order valence-corrected chi connectivity index (χ1v) is 3.57. The molecule has 0 aliphatic rings. The van der Waals surface area contributed by atoms with Crippen molar-refractivity contribution in [3.8, 4) is 0 Å². The molecule has 1 aromatic rings. The summed E-state index contributed by atoms with van der Waals surface area (Å²) >= 11 is 0. The summed E-state index contributed by atoms with van der Waals surface area (Å²) in [6, 6.07) is 3.18. The van der Waals surface area contributed by atoms with Crippen molar-refractivity contribution in [2.75, 3.05) is 14.1 Å². The number of pyridine rings is 1. The molecule has 4 heteroatoms. The largest absolute Gasteiger partial charge is 0.385 e. The molecule has 0 spiro atoms. The molecule has 0 saturated carbocycles. The predicted octanol–water partition coefficient (Wildman–Crippen LogP) is 1.87. The van der Waals surface area contributed by atoms with Crippen LogP contribution < -0.4 is 4.48 Å². The van der Waals surface area contributed by atoms with Crippen LogP contribution in [0.1, 0.15) is 0 Å². The number of aromatic nitrogens is 1. The summed E-state index contributed by atoms with van der Waals surface area (Å²) < 4.78 is 24.5. The van der Waals surface area contributed by atoms with Crippen LogP contribution in [0.4, 0.5) is 14.5 Å². The SMILES string of the molecule is C[N+](C)(c1ccncc1)C(F)F. The lowest BCUT2D eigenvalue weighted by atomic mass is 10.3. The van der Waals surface area contributed by atoms with Crippen LogP contribution in [0.25, 0.3) is 0 Å². The number of nitrogens with zero attached hydrogens (tertiary/aromatic N) is 2. The van der Waals surface area contributed by atoms with Gasteiger partial charge in [0.15, 0.2) is 0 Å². The zero-order valence-corrected chi connectivity index (χ0v) is 7.04. The Morgan fingerprint density at radius 1 is 1.25 bits per heavy atom. The van der Waals surface area contributed by atoms with E-state index in [1.807, 2.05) is 0 Å². The van der Waals surface area contributed by atoms with Gasteiger partial charge in [0.2, 0.25) is 0 Å². The van der Waals surface area contributed by atoms with Crippen LogP contribution in [0.2, 0.25) is 0 Å². The van der Waals surface area contributed by atoms with Gasteiger partial charge in [-0.25, -0.2) is 4.48 Å². The molecule has 0 atom stereocenters. The summed E-state index contributed by atoms with van der Waals surface area (Å²) in [7, 11) is 2.92. The van der Waals surface area contributed by atoms with Crippen LogP contribution >= 0.6 is 0 Å². The summed E-state index contributed by atoms with van der Waals surface area (Å²) in [5.74, 6) is 0. The van der Waals surface area contributed by atoms with Gasteiger partial charge in [0.25, 0.3) is 0 Å². The van der Waals surface area contributed by atoms with E-state index in [4.69, 9.17) is 0 Å². The molecule has 0 fully saturated rings. The minimum absolute atomic E-state index is 0.428. The van der Waals surface area contributed by atoms with E-state index in [2.05, 4.69) is 4.98 Å². The normalized spacial score (nSPS) is 12.1. The van der Waals surface area contributed by atoms with E-state index in [1.165, 1.54) is 26.5 Å². The third-order valence-electron chi connectivity index (χ3n) is 1.82. The maximum atomic E-state index is 12.5. The second kappa shape index (κ2) is 3.15. The molecule has 0 N–H and O–H groups in total. The first kappa shape index (κ1) is 9.06. The monoisotopic (exact) mass is 173 g/mol. The van der Waals surface area contributed by atoms with Crippen LogP contribution in [0.5, 0.6) is 0 Å². The maximum Gasteiger partial charge on any atom is 0.385 e. The maximum absolute atomic E-state index is 12.5. The highest BCUT2D eigenvalue weighted by Crippen LogP contribution is 2.21. The Labute approximate surface area is 70.0 Å². The fourth-order valence-electron chi connectivity index (χ4n) is 0.841. The number of halogens is 2. The number of rotatable bonds is 2. The Kier molecular flexibility index (Phi) is 2.38. The van der Waals surface area contributed by atoms with Gasteiger partial charge in [-0.2, -0.15) is 8.78 Å². The lowest BCUT2D eigenvalue weighted by molar-refractivity contribution is 0.0127. The van der Waals surface area contributed by atoms with Crippen molar-refractivity contribution >= 4 is 5.69 Å². The number of hydrogen-bond acceptors (Lipinski definition) is 1. The Morgan fingerprint density at radius 2 is 1.75 bits per heavy atom. The molecular weight excluding hydrogens is 162 g/mol. The standard InChI is InChI=1S/C8H11F2N2/c1-12(2,8(9)10)7-3-5-11-6-4-7/h3-6,8H,1-2H3/q+1. The number of alkyl halides is 2. The topological polar surface area (TPSA) is 12.9 Å². The Hall–Kier alpha value is -1.03. The summed E-state index contributed by atoms with van der Waals surface area (Å²) in [4.78, 5) is 3.76. The Balaban J connectivity index is 2.98. The molecule has 0 aliphatic heterocycles. The Bertz CT molecular complexity index is 246. The van der Waals surface area contributed by atoms with Crippen LogP contribution in [0, 0.1) is 0 Å². The molecule has 0 bridgehead atoms. The average Bonchev–Trinajstić information content (AvgIpc) is 2.06. The van der Waals surface area contributed by atoms with Gasteiger partial charge in [0.1, 0.15) is 5.69 Å². The van der Waals surface area contributed by atoms with Crippen LogP contribution in [-0.2, 0) is 0 Å². The second-order valence-corrected chi connectivity index (χ2v) is 3.02. The molecule has 0 amide bonds. The first-order valence-electron chi connectivity index (χ1n) is 3.57. The van der Waals surface area contributed by atoms with Crippen molar-refractivity contribution in [1.82, 2.24) is 9.47 Å². The third kappa shape index (κ3) is 1.58. The van der Waals surface area contributed by atoms with Crippen molar-refractivity contribution < 1.29 is 8.78 Å². The fraction of sp³-hybridized carbons (Fsp3) is 0.375. The van der Waals surface area contributed by atoms with Gasteiger partial charge < -0.3 is 0 Å². The van der Waals surface area contributed by atoms with E-state index in [9.17, 15) is 8.78 Å². The lowest BCUT2D eigenvalue weighted by Crippen LogP contribution is -2.45. The highest BCUT2D eigenvalue weighted by Gasteiger charge is 2.29. The van der Waals surface area contributed by atoms with Gasteiger partial charge in [-0.1, -0.05) is 0 Å². The van der Waals surface area contributed by atoms with Crippen molar-refractivity contribution in [2.45, 2.75) is 6.55 Å². The summed E-state index contributed by atoms with van der Waals surface area (Å²) in [6.07, 6.45) is 3.02. The van der Waals surface area contributed by atoms with Crippen molar-refractivity contribution in [1.29, 1.82) is 0 Å². The summed E-state index contributed by atoms with van der Waals surface area (Å²) in [6.45, 7) is -2.41. The van der Waals surface area contributed by atoms with Crippen molar-refractivity contribution in [2.24, 2.45) is 0 Å². The zero-order chi connectivity index (χ0) is 9.19. The van der Waals surface area contributed by atoms with E-state index < -0.39 is 11.0 Å². The predicted molar refractivity (Wildman–Crippen MR) is 43.9 cm³/mol. The van der Waals surface area contributed by atoms with E-state index in [0.29, 0.717) is 5.69 Å². The molecule has 66 valence electrons. The van der Waals surface area contributed by atoms with Gasteiger partial charge in [-0.05, 0) is 0 Å². The van der Waals surface area contributed by atoms with Crippen LogP contribution in [-0.4, -0.2) is 25.6 Å². The molecule has 0 aromatic carbocycles. The van der Waals surface area contributed by atoms with Crippen LogP contribution in [0.15, 0.2) is 24.5 Å². The molecule has 0 radical (unpaired) electrons. The van der Waals surface area contributed by atoms with Gasteiger partial charge in [0.05, 0.1) is 14.1 Å². The third-order valence-corrected chi connectivity index (χ3v) is 1.82. The highest BCUT2D eigenvalue weighted by molar-refractivity contribution is 5.39. The van der Waals surface area contributed by atoms with E-state index in [0.717, 1.165) is 0 Å². The fourth-order valence-corrected chi connectivity index (χ4v) is 0.841. The van der Waals surface area contributed by atoms with Gasteiger partial charge >= 0.3 is 6.55 Å². The van der Waals surface area contributed by atoms with E-state index in [1.54, 1.807) is 12.1 Å². The Morgan fingerprint density at radius 3 is 2.17 bits per heavy atom. The molecule has 0 saturated heterocycles. The number of quaternary nitrogens is 1. The van der Waals surface area contributed by atoms with Crippen molar-refractivity contribution in [3.05, 3.63) is 24.5 Å². The second-order valence-electron chi connectivity index (χ2n) is 3.02. The first-order chi connectivity index (χ1) is 5.55. The molecular formula is C8H11F2N2+. The van der Waals surface area contributed by atoms with E-state index in [-0.39, 0.29) is 0 Å². The highest BCUT2D eigenvalue weighted by atomic mass is 19.3. The quantitative estimate of drug-likeness (QED) is 0.491. The number of hydrogen-bond donors (Lipinski definition) is 0. The molecule has 1 aromatic heterocycles. The van der Waals surface area contributed by atoms with Crippen molar-refractivity contribution in [3.63, 3.8) is 0 Å². The minimum atomic E-state index is -2.41. The molecule has 0 unspecified atom stereocenters. The van der Waals surface area contributed by atoms with E-state index >= 15 is 0 Å². The minimum Gasteiger partial charge on any atom is -0.264 e. The average molecular weight is 173 g/mol. The van der Waals surface area contributed by atoms with Gasteiger partial charge in [-0.3, -0.25) is 4.98 Å². The smallest absolute Gasteiger partial charge is 0.264 e. The summed E-state index contributed by atoms with van der Waals surface area (Å²) in [5.41, 5.74) is 0.556. The van der Waals surface area contributed by atoms with Gasteiger partial charge in [-0.15, -0.1) is 0 Å². The molecule has 12 heavy (non-hydrogen) atoms. The lowest BCUT2D eigenvalue weighted by Gasteiger charge is -2.27. The van der Waals surface area contributed by atoms with Gasteiger partial charge in [0, 0.05) is 24.5 Å². The summed E-state index contributed by atoms with van der Waals surface area (Å²) in [5, 5.41) is 0. The van der Waals surface area contributed by atoms with Crippen LogP contribution in [0.3, 0.4) is 0 Å².